The minimum atomic E-state index is -0.487. The molecule has 3 nitrogen and oxygen atoms in total. The van der Waals surface area contributed by atoms with E-state index in [1.54, 1.807) is 6.07 Å². The van der Waals surface area contributed by atoms with Gasteiger partial charge in [-0.05, 0) is 50.5 Å². The van der Waals surface area contributed by atoms with Gasteiger partial charge in [0.05, 0.1) is 5.69 Å². The highest BCUT2D eigenvalue weighted by Crippen LogP contribution is 2.25. The van der Waals surface area contributed by atoms with Crippen molar-refractivity contribution < 1.29 is 9.53 Å². The Balaban J connectivity index is 2.19. The number of halogens is 1. The topological polar surface area (TPSA) is 39.2 Å². The van der Waals surface area contributed by atoms with Gasteiger partial charge in [-0.1, -0.05) is 28.1 Å². The van der Waals surface area contributed by atoms with Gasteiger partial charge in [-0.15, -0.1) is 0 Å². The number of esters is 1. The van der Waals surface area contributed by atoms with Gasteiger partial charge >= 0.3 is 5.97 Å². The summed E-state index contributed by atoms with van der Waals surface area (Å²) in [5, 5.41) is 0. The van der Waals surface area contributed by atoms with E-state index in [1.165, 1.54) is 0 Å². The second kappa shape index (κ2) is 5.43. The van der Waals surface area contributed by atoms with Gasteiger partial charge in [-0.2, -0.15) is 4.37 Å². The Morgan fingerprint density at radius 1 is 1.26 bits per heavy atom. The van der Waals surface area contributed by atoms with E-state index in [9.17, 15) is 4.79 Å². The van der Waals surface area contributed by atoms with Crippen LogP contribution in [-0.4, -0.2) is 15.9 Å². The van der Waals surface area contributed by atoms with Gasteiger partial charge in [0.25, 0.3) is 0 Å². The van der Waals surface area contributed by atoms with Crippen molar-refractivity contribution in [1.82, 2.24) is 4.37 Å². The molecule has 0 aliphatic heterocycles. The molecule has 1 aromatic heterocycles. The lowest BCUT2D eigenvalue weighted by molar-refractivity contribution is 0.00753. The Labute approximate surface area is 124 Å². The predicted octanol–water partition coefficient (Wildman–Crippen LogP) is 4.53. The van der Waals surface area contributed by atoms with Crippen LogP contribution in [0.15, 0.2) is 34.8 Å². The van der Waals surface area contributed by atoms with Crippen LogP contribution < -0.4 is 0 Å². The zero-order chi connectivity index (χ0) is 14.0. The summed E-state index contributed by atoms with van der Waals surface area (Å²) in [5.74, 6) is -0.326. The Bertz CT molecular complexity index is 584. The average molecular weight is 340 g/mol. The molecule has 0 aliphatic rings. The minimum absolute atomic E-state index is 0.326. The number of carbonyl (C=O) groups excluding carboxylic acids is 1. The van der Waals surface area contributed by atoms with Crippen LogP contribution in [0.1, 0.15) is 30.4 Å². The number of aromatic nitrogens is 1. The maximum absolute atomic E-state index is 11.9. The summed E-state index contributed by atoms with van der Waals surface area (Å²) in [5.41, 5.74) is 1.28. The molecule has 2 rings (SSSR count). The van der Waals surface area contributed by atoms with Crippen molar-refractivity contribution in [2.24, 2.45) is 0 Å². The van der Waals surface area contributed by atoms with Crippen molar-refractivity contribution in [2.45, 2.75) is 26.4 Å². The predicted molar refractivity (Wildman–Crippen MR) is 80.4 cm³/mol. The summed E-state index contributed by atoms with van der Waals surface area (Å²) in [4.78, 5) is 12.4. The third-order valence-electron chi connectivity index (χ3n) is 2.25. The molecule has 0 saturated heterocycles. The molecular weight excluding hydrogens is 326 g/mol. The SMILES string of the molecule is CC(C)(C)OC(=O)c1cc(-c2ccc(Br)cc2)ns1. The summed E-state index contributed by atoms with van der Waals surface area (Å²) in [6.45, 7) is 5.55. The third kappa shape index (κ3) is 3.88. The van der Waals surface area contributed by atoms with Gasteiger partial charge in [-0.3, -0.25) is 0 Å². The highest BCUT2D eigenvalue weighted by Gasteiger charge is 2.20. The molecule has 100 valence electrons. The average Bonchev–Trinajstić information content (AvgIpc) is 2.77. The van der Waals surface area contributed by atoms with Crippen LogP contribution in [0.3, 0.4) is 0 Å². The van der Waals surface area contributed by atoms with Crippen LogP contribution in [0.2, 0.25) is 0 Å². The zero-order valence-electron chi connectivity index (χ0n) is 10.9. The normalized spacial score (nSPS) is 11.4. The van der Waals surface area contributed by atoms with Crippen molar-refractivity contribution in [3.05, 3.63) is 39.7 Å². The van der Waals surface area contributed by atoms with Gasteiger partial charge in [0.2, 0.25) is 0 Å². The lowest BCUT2D eigenvalue weighted by Gasteiger charge is -2.18. The second-order valence-electron chi connectivity index (χ2n) is 5.09. The monoisotopic (exact) mass is 339 g/mol. The van der Waals surface area contributed by atoms with Crippen LogP contribution in [0.4, 0.5) is 0 Å². The fraction of sp³-hybridized carbons (Fsp3) is 0.286. The maximum Gasteiger partial charge on any atom is 0.350 e. The van der Waals surface area contributed by atoms with Gasteiger partial charge in [0.15, 0.2) is 0 Å². The Morgan fingerprint density at radius 2 is 1.89 bits per heavy atom. The molecule has 19 heavy (non-hydrogen) atoms. The molecular formula is C14H14BrNO2S. The lowest BCUT2D eigenvalue weighted by Crippen LogP contribution is -2.23. The van der Waals surface area contributed by atoms with E-state index < -0.39 is 5.60 Å². The van der Waals surface area contributed by atoms with E-state index in [0.717, 1.165) is 27.3 Å². The van der Waals surface area contributed by atoms with Crippen LogP contribution in [0.25, 0.3) is 11.3 Å². The first-order valence-corrected chi connectivity index (χ1v) is 7.38. The summed E-state index contributed by atoms with van der Waals surface area (Å²) < 4.78 is 10.6. The Hall–Kier alpha value is -1.20. The minimum Gasteiger partial charge on any atom is -0.456 e. The van der Waals surface area contributed by atoms with Crippen molar-refractivity contribution in [3.8, 4) is 11.3 Å². The third-order valence-corrected chi connectivity index (χ3v) is 3.55. The molecule has 0 fully saturated rings. The second-order valence-corrected chi connectivity index (χ2v) is 6.81. The van der Waals surface area contributed by atoms with Gasteiger partial charge in [-0.25, -0.2) is 4.79 Å². The molecule has 0 amide bonds. The molecule has 2 aromatic rings. The Kier molecular flexibility index (Phi) is 4.06. The van der Waals surface area contributed by atoms with E-state index in [1.807, 2.05) is 45.0 Å². The van der Waals surface area contributed by atoms with Gasteiger partial charge in [0, 0.05) is 10.0 Å². The highest BCUT2D eigenvalue weighted by atomic mass is 79.9. The molecule has 1 heterocycles. The standard InChI is InChI=1S/C14H14BrNO2S/c1-14(2,3)18-13(17)12-8-11(16-19-12)9-4-6-10(15)7-5-9/h4-8H,1-3H3. The first-order chi connectivity index (χ1) is 8.85. The quantitative estimate of drug-likeness (QED) is 0.754. The molecule has 0 unspecified atom stereocenters. The van der Waals surface area contributed by atoms with Crippen molar-refractivity contribution in [1.29, 1.82) is 0 Å². The molecule has 0 saturated carbocycles. The summed E-state index contributed by atoms with van der Waals surface area (Å²) in [6.07, 6.45) is 0. The van der Waals surface area contributed by atoms with E-state index in [2.05, 4.69) is 20.3 Å². The summed E-state index contributed by atoms with van der Waals surface area (Å²) in [6, 6.07) is 9.57. The molecule has 1 aromatic carbocycles. The number of rotatable bonds is 2. The molecule has 0 spiro atoms. The molecule has 5 heteroatoms. The lowest BCUT2D eigenvalue weighted by atomic mass is 10.1. The van der Waals surface area contributed by atoms with Crippen LogP contribution in [-0.2, 0) is 4.74 Å². The number of benzene rings is 1. The van der Waals surface area contributed by atoms with E-state index in [0.29, 0.717) is 4.88 Å². The number of hydrogen-bond donors (Lipinski definition) is 0. The first-order valence-electron chi connectivity index (χ1n) is 5.81. The molecule has 0 aliphatic carbocycles. The maximum atomic E-state index is 11.9. The van der Waals surface area contributed by atoms with E-state index in [4.69, 9.17) is 4.74 Å². The number of hydrogen-bond acceptors (Lipinski definition) is 4. The molecule has 0 radical (unpaired) electrons. The Morgan fingerprint density at radius 3 is 2.47 bits per heavy atom. The fourth-order valence-electron chi connectivity index (χ4n) is 1.46. The molecule has 0 atom stereocenters. The van der Waals surface area contributed by atoms with Crippen molar-refractivity contribution >= 4 is 33.4 Å². The number of carbonyl (C=O) groups is 1. The largest absolute Gasteiger partial charge is 0.456 e. The van der Waals surface area contributed by atoms with Crippen LogP contribution >= 0.6 is 27.5 Å². The van der Waals surface area contributed by atoms with E-state index in [-0.39, 0.29) is 5.97 Å². The summed E-state index contributed by atoms with van der Waals surface area (Å²) in [7, 11) is 0. The first kappa shape index (κ1) is 14.2. The van der Waals surface area contributed by atoms with Gasteiger partial charge < -0.3 is 4.74 Å². The molecule has 0 bridgehead atoms. The van der Waals surface area contributed by atoms with Gasteiger partial charge in [0.1, 0.15) is 10.5 Å². The number of nitrogens with zero attached hydrogens (tertiary/aromatic N) is 1. The smallest absolute Gasteiger partial charge is 0.350 e. The zero-order valence-corrected chi connectivity index (χ0v) is 13.3. The highest BCUT2D eigenvalue weighted by molar-refractivity contribution is 9.10. The van der Waals surface area contributed by atoms with Crippen LogP contribution in [0, 0.1) is 0 Å². The van der Waals surface area contributed by atoms with E-state index >= 15 is 0 Å². The van der Waals surface area contributed by atoms with Crippen molar-refractivity contribution in [3.63, 3.8) is 0 Å². The molecule has 0 N–H and O–H groups in total. The van der Waals surface area contributed by atoms with Crippen LogP contribution in [0.5, 0.6) is 0 Å². The van der Waals surface area contributed by atoms with Crippen molar-refractivity contribution in [2.75, 3.05) is 0 Å². The number of ether oxygens (including phenoxy) is 1. The fourth-order valence-corrected chi connectivity index (χ4v) is 2.36. The summed E-state index contributed by atoms with van der Waals surface area (Å²) >= 11 is 4.55.